The van der Waals surface area contributed by atoms with E-state index in [-0.39, 0.29) is 25.0 Å². The van der Waals surface area contributed by atoms with E-state index in [1.807, 2.05) is 0 Å². The third-order valence-electron chi connectivity index (χ3n) is 4.77. The van der Waals surface area contributed by atoms with Crippen molar-refractivity contribution in [2.24, 2.45) is 0 Å². The van der Waals surface area contributed by atoms with Crippen LogP contribution < -0.4 is 25.4 Å². The van der Waals surface area contributed by atoms with E-state index in [2.05, 4.69) is 26.1 Å². The van der Waals surface area contributed by atoms with Gasteiger partial charge in [-0.05, 0) is 37.5 Å². The first-order chi connectivity index (χ1) is 15.1. The van der Waals surface area contributed by atoms with Crippen molar-refractivity contribution in [2.45, 2.75) is 25.3 Å². The van der Waals surface area contributed by atoms with Gasteiger partial charge in [-0.15, -0.1) is 0 Å². The Kier molecular flexibility index (Phi) is 7.74. The van der Waals surface area contributed by atoms with E-state index < -0.39 is 11.9 Å². The molecule has 0 bridgehead atoms. The van der Waals surface area contributed by atoms with Crippen LogP contribution in [0.1, 0.15) is 40.0 Å². The minimum Gasteiger partial charge on any atom is -0.497 e. The van der Waals surface area contributed by atoms with Gasteiger partial charge in [0.15, 0.2) is 0 Å². The van der Waals surface area contributed by atoms with Crippen LogP contribution in [-0.2, 0) is 4.79 Å². The Balaban J connectivity index is 1.68. The van der Waals surface area contributed by atoms with Crippen LogP contribution in [-0.4, -0.2) is 60.8 Å². The van der Waals surface area contributed by atoms with E-state index in [0.717, 1.165) is 0 Å². The van der Waals surface area contributed by atoms with Gasteiger partial charge in [-0.3, -0.25) is 14.4 Å². The Labute approximate surface area is 179 Å². The number of hydrogen-bond acceptors (Lipinski definition) is 7. The first-order valence-corrected chi connectivity index (χ1v) is 10.0. The van der Waals surface area contributed by atoms with E-state index in [0.29, 0.717) is 48.4 Å². The second-order valence-electron chi connectivity index (χ2n) is 6.91. The molecule has 0 spiro atoms. The van der Waals surface area contributed by atoms with Crippen LogP contribution in [0.15, 0.2) is 36.7 Å². The second-order valence-corrected chi connectivity index (χ2v) is 6.91. The summed E-state index contributed by atoms with van der Waals surface area (Å²) in [5.74, 6) is -0.00951. The van der Waals surface area contributed by atoms with Crippen molar-refractivity contribution in [2.75, 3.05) is 26.8 Å². The standard InChI is InChI=1S/C21H25N5O5/c1-30-15-5-6-16-18(12-15)31-11-10-23-21(29)17(4-2-3-8-22-20(16)28)26-19(27)14-7-9-24-25-13-14/h5-7,9,12-13,17H,2-4,8,10-11H2,1H3,(H,22,28)(H,23,29)(H,26,27)/t17-/m0/s1. The van der Waals surface area contributed by atoms with Gasteiger partial charge in [0.25, 0.3) is 11.8 Å². The Morgan fingerprint density at radius 1 is 1.16 bits per heavy atom. The number of methoxy groups -OCH3 is 1. The number of ether oxygens (including phenoxy) is 2. The largest absolute Gasteiger partial charge is 0.497 e. The molecule has 3 rings (SSSR count). The van der Waals surface area contributed by atoms with Crippen molar-refractivity contribution < 1.29 is 23.9 Å². The molecule has 2 aromatic rings. The summed E-state index contributed by atoms with van der Waals surface area (Å²) in [6.07, 6.45) is 4.47. The van der Waals surface area contributed by atoms with E-state index in [1.54, 1.807) is 18.2 Å². The maximum atomic E-state index is 12.6. The molecule has 31 heavy (non-hydrogen) atoms. The van der Waals surface area contributed by atoms with Gasteiger partial charge in [-0.1, -0.05) is 0 Å². The maximum absolute atomic E-state index is 12.6. The molecule has 0 aliphatic carbocycles. The van der Waals surface area contributed by atoms with Crippen molar-refractivity contribution in [3.63, 3.8) is 0 Å². The molecule has 1 aromatic carbocycles. The first kappa shape index (κ1) is 22.0. The number of carbonyl (C=O) groups excluding carboxylic acids is 3. The van der Waals surface area contributed by atoms with Crippen LogP contribution in [0.3, 0.4) is 0 Å². The highest BCUT2D eigenvalue weighted by atomic mass is 16.5. The lowest BCUT2D eigenvalue weighted by atomic mass is 10.1. The summed E-state index contributed by atoms with van der Waals surface area (Å²) in [5, 5.41) is 15.7. The highest BCUT2D eigenvalue weighted by Gasteiger charge is 2.22. The van der Waals surface area contributed by atoms with Crippen molar-refractivity contribution >= 4 is 17.7 Å². The zero-order chi connectivity index (χ0) is 22.1. The molecular weight excluding hydrogens is 402 g/mol. The zero-order valence-electron chi connectivity index (χ0n) is 17.2. The van der Waals surface area contributed by atoms with Crippen LogP contribution in [0.25, 0.3) is 0 Å². The SMILES string of the molecule is COc1ccc2c(c1)OCCNC(=O)[C@@H](NC(=O)c1ccnnc1)CCCCNC2=O. The molecule has 2 heterocycles. The summed E-state index contributed by atoms with van der Waals surface area (Å²) < 4.78 is 10.9. The fourth-order valence-corrected chi connectivity index (χ4v) is 3.10. The highest BCUT2D eigenvalue weighted by molar-refractivity contribution is 5.97. The molecule has 3 N–H and O–H groups in total. The molecule has 10 heteroatoms. The van der Waals surface area contributed by atoms with Crippen molar-refractivity contribution in [1.82, 2.24) is 26.1 Å². The predicted molar refractivity (Wildman–Crippen MR) is 111 cm³/mol. The van der Waals surface area contributed by atoms with Crippen molar-refractivity contribution in [1.29, 1.82) is 0 Å². The lowest BCUT2D eigenvalue weighted by molar-refractivity contribution is -0.123. The third-order valence-corrected chi connectivity index (χ3v) is 4.77. The number of nitrogens with one attached hydrogen (secondary N) is 3. The maximum Gasteiger partial charge on any atom is 0.255 e. The van der Waals surface area contributed by atoms with E-state index in [9.17, 15) is 14.4 Å². The Bertz CT molecular complexity index is 922. The molecule has 3 amide bonds. The highest BCUT2D eigenvalue weighted by Crippen LogP contribution is 2.25. The number of fused-ring (bicyclic) bond motifs is 1. The zero-order valence-corrected chi connectivity index (χ0v) is 17.2. The lowest BCUT2D eigenvalue weighted by Gasteiger charge is -2.20. The number of nitrogens with zero attached hydrogens (tertiary/aromatic N) is 2. The number of aromatic nitrogens is 2. The molecule has 0 radical (unpaired) electrons. The van der Waals surface area contributed by atoms with Gasteiger partial charge in [0, 0.05) is 12.6 Å². The molecule has 0 fully saturated rings. The summed E-state index contributed by atoms with van der Waals surface area (Å²) in [5.41, 5.74) is 0.726. The predicted octanol–water partition coefficient (Wildman–Crippen LogP) is 0.692. The van der Waals surface area contributed by atoms with Crippen molar-refractivity contribution in [3.8, 4) is 11.5 Å². The normalized spacial score (nSPS) is 17.8. The van der Waals surface area contributed by atoms with Gasteiger partial charge in [0.1, 0.15) is 24.1 Å². The molecular formula is C21H25N5O5. The average molecular weight is 427 g/mol. The Morgan fingerprint density at radius 3 is 2.81 bits per heavy atom. The molecule has 1 aliphatic heterocycles. The van der Waals surface area contributed by atoms with E-state index in [4.69, 9.17) is 9.47 Å². The molecule has 10 nitrogen and oxygen atoms in total. The van der Waals surface area contributed by atoms with E-state index >= 15 is 0 Å². The van der Waals surface area contributed by atoms with Gasteiger partial charge in [0.2, 0.25) is 5.91 Å². The van der Waals surface area contributed by atoms with E-state index in [1.165, 1.54) is 25.6 Å². The molecule has 0 saturated heterocycles. The summed E-state index contributed by atoms with van der Waals surface area (Å²) in [6, 6.07) is 5.78. The fraction of sp³-hybridized carbons (Fsp3) is 0.381. The summed E-state index contributed by atoms with van der Waals surface area (Å²) in [7, 11) is 1.53. The first-order valence-electron chi connectivity index (χ1n) is 10.0. The van der Waals surface area contributed by atoms with Crippen LogP contribution >= 0.6 is 0 Å². The van der Waals surface area contributed by atoms with Gasteiger partial charge >= 0.3 is 0 Å². The average Bonchev–Trinajstić information content (AvgIpc) is 2.80. The van der Waals surface area contributed by atoms with Gasteiger partial charge in [-0.2, -0.15) is 10.2 Å². The van der Waals surface area contributed by atoms with Crippen molar-refractivity contribution in [3.05, 3.63) is 47.8 Å². The Morgan fingerprint density at radius 2 is 2.03 bits per heavy atom. The van der Waals surface area contributed by atoms with Gasteiger partial charge < -0.3 is 25.4 Å². The number of hydrogen-bond donors (Lipinski definition) is 3. The van der Waals surface area contributed by atoms with Crippen LogP contribution in [0.2, 0.25) is 0 Å². The molecule has 1 aromatic heterocycles. The molecule has 0 saturated carbocycles. The molecule has 0 unspecified atom stereocenters. The van der Waals surface area contributed by atoms with Gasteiger partial charge in [-0.25, -0.2) is 0 Å². The Hall–Kier alpha value is -3.69. The summed E-state index contributed by atoms with van der Waals surface area (Å²) in [4.78, 5) is 37.6. The number of amides is 3. The lowest BCUT2D eigenvalue weighted by Crippen LogP contribution is -2.47. The quantitative estimate of drug-likeness (QED) is 0.657. The smallest absolute Gasteiger partial charge is 0.255 e. The number of rotatable bonds is 3. The topological polar surface area (TPSA) is 132 Å². The fourth-order valence-electron chi connectivity index (χ4n) is 3.10. The van der Waals surface area contributed by atoms with Crippen LogP contribution in [0.4, 0.5) is 0 Å². The molecule has 164 valence electrons. The number of carbonyl (C=O) groups is 3. The number of benzene rings is 1. The minimum absolute atomic E-state index is 0.147. The minimum atomic E-state index is -0.716. The van der Waals surface area contributed by atoms with Crippen LogP contribution in [0.5, 0.6) is 11.5 Å². The summed E-state index contributed by atoms with van der Waals surface area (Å²) >= 11 is 0. The van der Waals surface area contributed by atoms with Crippen LogP contribution in [0, 0.1) is 0 Å². The molecule has 1 aliphatic rings. The second kappa shape index (κ2) is 10.9. The third kappa shape index (κ3) is 6.14. The van der Waals surface area contributed by atoms with Gasteiger partial charge in [0.05, 0.1) is 37.2 Å². The summed E-state index contributed by atoms with van der Waals surface area (Å²) in [6.45, 7) is 0.787. The molecule has 1 atom stereocenters. The monoisotopic (exact) mass is 427 g/mol.